The maximum Gasteiger partial charge on any atom is 0.251 e. The number of nitrogens with zero attached hydrogens (tertiary/aromatic N) is 1. The van der Waals surface area contributed by atoms with Crippen molar-refractivity contribution >= 4 is 5.91 Å². The first-order valence-corrected chi connectivity index (χ1v) is 7.96. The molecule has 1 spiro atoms. The van der Waals surface area contributed by atoms with Crippen LogP contribution in [0.15, 0.2) is 0 Å². The van der Waals surface area contributed by atoms with E-state index in [0.29, 0.717) is 12.3 Å². The third kappa shape index (κ3) is 1.59. The molecule has 7 atom stereocenters. The first-order chi connectivity index (χ1) is 9.89. The van der Waals surface area contributed by atoms with Gasteiger partial charge in [0.2, 0.25) is 5.79 Å². The summed E-state index contributed by atoms with van der Waals surface area (Å²) in [5.41, 5.74) is -0.740. The first-order valence-electron chi connectivity index (χ1n) is 7.96. The van der Waals surface area contributed by atoms with Gasteiger partial charge in [-0.15, -0.1) is 0 Å². The van der Waals surface area contributed by atoms with Gasteiger partial charge in [-0.05, 0) is 38.0 Å². The highest BCUT2D eigenvalue weighted by molar-refractivity contribution is 5.79. The number of ether oxygens (including phenoxy) is 1. The molecule has 4 aliphatic heterocycles. The SMILES string of the molecule is C[C@@H]1CC[C@H]2[C@@H](C)C(=O)N(O)[C@@H]3O[C@]4(C)CC[C@H]1[C@@]23OO4. The Bertz CT molecular complexity index is 485. The van der Waals surface area contributed by atoms with Crippen LogP contribution >= 0.6 is 0 Å². The van der Waals surface area contributed by atoms with Crippen molar-refractivity contribution in [1.29, 1.82) is 0 Å². The second-order valence-electron chi connectivity index (χ2n) is 7.40. The smallest absolute Gasteiger partial charge is 0.251 e. The highest BCUT2D eigenvalue weighted by Gasteiger charge is 2.70. The standard InChI is InChI=1S/C15H23NO5/c1-8-4-5-11-9(2)12(17)16(18)13-15(11)10(8)6-7-14(3,19-13)20-21-15/h8-11,13,18H,4-7H2,1-3H3/t8-,9-,10-,11+,13-,14+,15-/m1/s1. The molecule has 0 aromatic carbocycles. The molecule has 0 aromatic rings. The fraction of sp³-hybridized carbons (Fsp3) is 0.933. The van der Waals surface area contributed by atoms with Gasteiger partial charge in [0.05, 0.1) is 0 Å². The third-order valence-corrected chi connectivity index (χ3v) is 6.24. The molecular formula is C15H23NO5. The van der Waals surface area contributed by atoms with Gasteiger partial charge in [0, 0.05) is 18.3 Å². The van der Waals surface area contributed by atoms with Crippen molar-refractivity contribution in [3.8, 4) is 0 Å². The number of hydrogen-bond donors (Lipinski definition) is 1. The van der Waals surface area contributed by atoms with Gasteiger partial charge < -0.3 is 4.74 Å². The monoisotopic (exact) mass is 297 g/mol. The first kappa shape index (κ1) is 13.9. The highest BCUT2D eigenvalue weighted by Crippen LogP contribution is 2.59. The maximum atomic E-state index is 12.4. The van der Waals surface area contributed by atoms with E-state index in [9.17, 15) is 10.0 Å². The van der Waals surface area contributed by atoms with Crippen LogP contribution in [-0.4, -0.2) is 33.8 Å². The Morgan fingerprint density at radius 1 is 1.19 bits per heavy atom. The van der Waals surface area contributed by atoms with E-state index in [-0.39, 0.29) is 23.7 Å². The molecule has 6 heteroatoms. The Morgan fingerprint density at radius 3 is 2.71 bits per heavy atom. The van der Waals surface area contributed by atoms with Crippen LogP contribution in [0.1, 0.15) is 46.5 Å². The van der Waals surface area contributed by atoms with Gasteiger partial charge in [-0.1, -0.05) is 13.8 Å². The summed E-state index contributed by atoms with van der Waals surface area (Å²) in [6, 6.07) is 0. The molecule has 2 bridgehead atoms. The van der Waals surface area contributed by atoms with Crippen molar-refractivity contribution in [1.82, 2.24) is 5.06 Å². The molecular weight excluding hydrogens is 274 g/mol. The molecule has 6 nitrogen and oxygen atoms in total. The number of piperidine rings is 1. The second kappa shape index (κ2) is 4.19. The van der Waals surface area contributed by atoms with Crippen LogP contribution in [0.3, 0.4) is 0 Å². The van der Waals surface area contributed by atoms with Crippen molar-refractivity contribution < 1.29 is 24.5 Å². The third-order valence-electron chi connectivity index (χ3n) is 6.24. The lowest BCUT2D eigenvalue weighted by molar-refractivity contribution is -0.558. The minimum atomic E-state index is -0.890. The van der Waals surface area contributed by atoms with Crippen LogP contribution in [-0.2, 0) is 19.3 Å². The molecule has 1 saturated carbocycles. The average Bonchev–Trinajstić information content (AvgIpc) is 2.69. The fourth-order valence-electron chi connectivity index (χ4n) is 5.03. The minimum absolute atomic E-state index is 0.0299. The summed E-state index contributed by atoms with van der Waals surface area (Å²) >= 11 is 0. The van der Waals surface area contributed by atoms with Gasteiger partial charge in [0.1, 0.15) is 0 Å². The summed E-state index contributed by atoms with van der Waals surface area (Å²) in [6.45, 7) is 5.91. The predicted octanol–water partition coefficient (Wildman–Crippen LogP) is 2.07. The molecule has 1 N–H and O–H groups in total. The molecule has 5 rings (SSSR count). The van der Waals surface area contributed by atoms with E-state index in [1.165, 1.54) is 0 Å². The molecule has 1 aliphatic carbocycles. The molecule has 5 aliphatic rings. The van der Waals surface area contributed by atoms with Crippen LogP contribution in [0.2, 0.25) is 0 Å². The number of amides is 1. The number of carbonyl (C=O) groups is 1. The maximum absolute atomic E-state index is 12.4. The summed E-state index contributed by atoms with van der Waals surface area (Å²) < 4.78 is 6.02. The molecule has 0 aromatic heterocycles. The number of fused-ring (bicyclic) bond motifs is 2. The Labute approximate surface area is 124 Å². The fourth-order valence-corrected chi connectivity index (χ4v) is 5.03. The van der Waals surface area contributed by atoms with E-state index in [0.717, 1.165) is 24.3 Å². The van der Waals surface area contributed by atoms with Gasteiger partial charge in [0.25, 0.3) is 5.91 Å². The Kier molecular flexibility index (Phi) is 2.78. The molecule has 21 heavy (non-hydrogen) atoms. The topological polar surface area (TPSA) is 68.2 Å². The molecule has 5 fully saturated rings. The van der Waals surface area contributed by atoms with E-state index in [4.69, 9.17) is 14.5 Å². The molecule has 4 saturated heterocycles. The van der Waals surface area contributed by atoms with Crippen LogP contribution in [0.5, 0.6) is 0 Å². The van der Waals surface area contributed by atoms with Crippen LogP contribution in [0.25, 0.3) is 0 Å². The minimum Gasteiger partial charge on any atom is -0.318 e. The van der Waals surface area contributed by atoms with Gasteiger partial charge >= 0.3 is 0 Å². The summed E-state index contributed by atoms with van der Waals surface area (Å²) in [4.78, 5) is 23.9. The summed E-state index contributed by atoms with van der Waals surface area (Å²) in [5.74, 6) is -0.720. The largest absolute Gasteiger partial charge is 0.318 e. The second-order valence-corrected chi connectivity index (χ2v) is 7.40. The van der Waals surface area contributed by atoms with E-state index in [1.807, 2.05) is 13.8 Å². The highest BCUT2D eigenvalue weighted by atomic mass is 17.3. The van der Waals surface area contributed by atoms with Crippen LogP contribution in [0, 0.1) is 23.7 Å². The Morgan fingerprint density at radius 2 is 1.95 bits per heavy atom. The lowest BCUT2D eigenvalue weighted by atomic mass is 9.57. The van der Waals surface area contributed by atoms with Crippen LogP contribution in [0.4, 0.5) is 0 Å². The van der Waals surface area contributed by atoms with E-state index in [1.54, 1.807) is 0 Å². The zero-order valence-corrected chi connectivity index (χ0v) is 12.7. The van der Waals surface area contributed by atoms with Gasteiger partial charge in [-0.25, -0.2) is 9.78 Å². The number of hydrogen-bond acceptors (Lipinski definition) is 5. The molecule has 4 heterocycles. The Hall–Kier alpha value is -0.690. The van der Waals surface area contributed by atoms with Gasteiger partial charge in [0.15, 0.2) is 11.8 Å². The quantitative estimate of drug-likeness (QED) is 0.547. The lowest BCUT2D eigenvalue weighted by Gasteiger charge is -2.60. The van der Waals surface area contributed by atoms with Gasteiger partial charge in [-0.3, -0.25) is 10.0 Å². The zero-order chi connectivity index (χ0) is 15.0. The molecule has 1 amide bonds. The summed E-state index contributed by atoms with van der Waals surface area (Å²) in [6.07, 6.45) is 2.86. The van der Waals surface area contributed by atoms with Gasteiger partial charge in [-0.2, -0.15) is 5.06 Å². The lowest BCUT2D eigenvalue weighted by Crippen LogP contribution is -2.74. The molecule has 0 unspecified atom stereocenters. The molecule has 0 radical (unpaired) electrons. The Balaban J connectivity index is 1.87. The van der Waals surface area contributed by atoms with Crippen molar-refractivity contribution in [2.24, 2.45) is 23.7 Å². The number of carbonyl (C=O) groups excluding carboxylic acids is 1. The summed E-state index contributed by atoms with van der Waals surface area (Å²) in [7, 11) is 0. The molecule has 118 valence electrons. The number of rotatable bonds is 0. The zero-order valence-electron chi connectivity index (χ0n) is 12.7. The summed E-state index contributed by atoms with van der Waals surface area (Å²) in [5, 5.41) is 11.1. The van der Waals surface area contributed by atoms with E-state index < -0.39 is 17.6 Å². The van der Waals surface area contributed by atoms with E-state index in [2.05, 4.69) is 6.92 Å². The van der Waals surface area contributed by atoms with Crippen molar-refractivity contribution in [3.05, 3.63) is 0 Å². The van der Waals surface area contributed by atoms with Crippen molar-refractivity contribution in [3.63, 3.8) is 0 Å². The normalized spacial score (nSPS) is 56.1. The van der Waals surface area contributed by atoms with Crippen LogP contribution < -0.4 is 0 Å². The average molecular weight is 297 g/mol. The predicted molar refractivity (Wildman–Crippen MR) is 70.6 cm³/mol. The number of hydroxylamine groups is 2. The van der Waals surface area contributed by atoms with Crippen molar-refractivity contribution in [2.75, 3.05) is 0 Å². The van der Waals surface area contributed by atoms with Crippen molar-refractivity contribution in [2.45, 2.75) is 64.1 Å². The van der Waals surface area contributed by atoms with E-state index >= 15 is 0 Å².